The van der Waals surface area contributed by atoms with Crippen LogP contribution < -0.4 is 0 Å². The molecule has 0 aromatic carbocycles. The van der Waals surface area contributed by atoms with E-state index in [0.717, 1.165) is 19.0 Å². The zero-order valence-corrected chi connectivity index (χ0v) is 8.34. The van der Waals surface area contributed by atoms with Crippen LogP contribution in [-0.2, 0) is 4.79 Å². The topological polar surface area (TPSA) is 20.3 Å². The molecule has 1 saturated heterocycles. The molecule has 70 valence electrons. The molecule has 0 bridgehead atoms. The highest BCUT2D eigenvalue weighted by Crippen LogP contribution is 2.21. The van der Waals surface area contributed by atoms with E-state index in [-0.39, 0.29) is 5.92 Å². The predicted octanol–water partition coefficient (Wildman–Crippen LogP) is 1.90. The number of hydrogen-bond donors (Lipinski definition) is 0. The van der Waals surface area contributed by atoms with Crippen molar-refractivity contribution in [2.45, 2.75) is 33.6 Å². The van der Waals surface area contributed by atoms with Crippen molar-refractivity contribution < 1.29 is 4.79 Å². The van der Waals surface area contributed by atoms with Crippen LogP contribution in [0, 0.1) is 11.8 Å². The summed E-state index contributed by atoms with van der Waals surface area (Å²) < 4.78 is 0. The molecule has 0 saturated carbocycles. The lowest BCUT2D eigenvalue weighted by Gasteiger charge is -2.40. The van der Waals surface area contributed by atoms with E-state index in [2.05, 4.69) is 6.92 Å². The summed E-state index contributed by atoms with van der Waals surface area (Å²) >= 11 is 0. The third kappa shape index (κ3) is 1.99. The first-order chi connectivity index (χ1) is 5.65. The smallest absolute Gasteiger partial charge is 0.225 e. The summed E-state index contributed by atoms with van der Waals surface area (Å²) in [4.78, 5) is 13.4. The molecular weight excluding hydrogens is 150 g/mol. The number of amides is 1. The van der Waals surface area contributed by atoms with Gasteiger partial charge in [0.2, 0.25) is 5.91 Å². The third-order valence-corrected chi connectivity index (χ3v) is 2.46. The van der Waals surface area contributed by atoms with Gasteiger partial charge in [0.15, 0.2) is 0 Å². The molecule has 0 unspecified atom stereocenters. The van der Waals surface area contributed by atoms with Crippen molar-refractivity contribution >= 4 is 5.91 Å². The van der Waals surface area contributed by atoms with Crippen molar-refractivity contribution in [3.05, 3.63) is 0 Å². The molecule has 2 heteroatoms. The molecule has 1 fully saturated rings. The minimum Gasteiger partial charge on any atom is -0.342 e. The molecular formula is C10H19NO. The van der Waals surface area contributed by atoms with Crippen molar-refractivity contribution in [2.24, 2.45) is 11.8 Å². The molecule has 1 rings (SSSR count). The maximum absolute atomic E-state index is 11.4. The van der Waals surface area contributed by atoms with Crippen LogP contribution in [0.25, 0.3) is 0 Å². The number of carbonyl (C=O) groups is 1. The Kier molecular flexibility index (Phi) is 3.12. The Morgan fingerprint density at radius 1 is 1.50 bits per heavy atom. The second kappa shape index (κ2) is 3.92. The van der Waals surface area contributed by atoms with Crippen LogP contribution in [0.4, 0.5) is 0 Å². The zero-order chi connectivity index (χ0) is 9.14. The number of hydrogen-bond acceptors (Lipinski definition) is 1. The molecule has 12 heavy (non-hydrogen) atoms. The van der Waals surface area contributed by atoms with Crippen LogP contribution >= 0.6 is 0 Å². The fourth-order valence-electron chi connectivity index (χ4n) is 1.71. The molecule has 1 aliphatic rings. The van der Waals surface area contributed by atoms with Gasteiger partial charge in [-0.25, -0.2) is 0 Å². The summed E-state index contributed by atoms with van der Waals surface area (Å²) in [5.74, 6) is 1.28. The lowest BCUT2D eigenvalue weighted by Crippen LogP contribution is -2.51. The number of nitrogens with zero attached hydrogens (tertiary/aromatic N) is 1. The monoisotopic (exact) mass is 169 g/mol. The quantitative estimate of drug-likeness (QED) is 0.632. The van der Waals surface area contributed by atoms with Crippen LogP contribution in [0.1, 0.15) is 33.6 Å². The molecule has 1 aliphatic heterocycles. The van der Waals surface area contributed by atoms with E-state index < -0.39 is 0 Å². The molecule has 0 atom stereocenters. The summed E-state index contributed by atoms with van der Waals surface area (Å²) in [7, 11) is 0. The van der Waals surface area contributed by atoms with E-state index in [4.69, 9.17) is 0 Å². The van der Waals surface area contributed by atoms with Crippen LogP contribution in [0.3, 0.4) is 0 Å². The van der Waals surface area contributed by atoms with Gasteiger partial charge in [-0.1, -0.05) is 27.2 Å². The molecule has 1 heterocycles. The number of rotatable bonds is 3. The van der Waals surface area contributed by atoms with Crippen LogP contribution in [-0.4, -0.2) is 23.9 Å². The Labute approximate surface area is 74.9 Å². The summed E-state index contributed by atoms with van der Waals surface area (Å²) in [6, 6.07) is 0. The normalized spacial score (nSPS) is 18.2. The Bertz CT molecular complexity index is 159. The first-order valence-electron chi connectivity index (χ1n) is 4.94. The van der Waals surface area contributed by atoms with E-state index >= 15 is 0 Å². The third-order valence-electron chi connectivity index (χ3n) is 2.46. The van der Waals surface area contributed by atoms with Crippen LogP contribution in [0.5, 0.6) is 0 Å². The minimum atomic E-state index is 0.174. The highest BCUT2D eigenvalue weighted by molar-refractivity contribution is 5.78. The van der Waals surface area contributed by atoms with Crippen molar-refractivity contribution in [3.8, 4) is 0 Å². The SMILES string of the molecule is CCCC1CN(C(=O)C(C)C)C1. The van der Waals surface area contributed by atoms with Crippen molar-refractivity contribution in [2.75, 3.05) is 13.1 Å². The number of likely N-dealkylation sites (tertiary alicyclic amines) is 1. The van der Waals surface area contributed by atoms with Gasteiger partial charge in [-0.2, -0.15) is 0 Å². The van der Waals surface area contributed by atoms with Crippen molar-refractivity contribution in [3.63, 3.8) is 0 Å². The molecule has 0 aromatic rings. The van der Waals surface area contributed by atoms with Gasteiger partial charge in [-0.3, -0.25) is 4.79 Å². The fraction of sp³-hybridized carbons (Fsp3) is 0.900. The van der Waals surface area contributed by atoms with Crippen LogP contribution in [0.15, 0.2) is 0 Å². The molecule has 1 amide bonds. The largest absolute Gasteiger partial charge is 0.342 e. The van der Waals surface area contributed by atoms with E-state index in [1.807, 2.05) is 18.7 Å². The molecule has 0 aromatic heterocycles. The van der Waals surface area contributed by atoms with Gasteiger partial charge in [-0.15, -0.1) is 0 Å². The van der Waals surface area contributed by atoms with Gasteiger partial charge in [0.25, 0.3) is 0 Å². The Morgan fingerprint density at radius 2 is 2.08 bits per heavy atom. The second-order valence-corrected chi connectivity index (χ2v) is 4.05. The van der Waals surface area contributed by atoms with E-state index in [1.165, 1.54) is 12.8 Å². The van der Waals surface area contributed by atoms with Crippen molar-refractivity contribution in [1.29, 1.82) is 0 Å². The standard InChI is InChI=1S/C10H19NO/c1-4-5-9-6-11(7-9)10(12)8(2)3/h8-9H,4-7H2,1-3H3. The van der Waals surface area contributed by atoms with E-state index in [9.17, 15) is 4.79 Å². The van der Waals surface area contributed by atoms with Gasteiger partial charge in [0.1, 0.15) is 0 Å². The zero-order valence-electron chi connectivity index (χ0n) is 8.34. The van der Waals surface area contributed by atoms with E-state index in [0.29, 0.717) is 5.91 Å². The predicted molar refractivity (Wildman–Crippen MR) is 49.8 cm³/mol. The van der Waals surface area contributed by atoms with Crippen molar-refractivity contribution in [1.82, 2.24) is 4.90 Å². The van der Waals surface area contributed by atoms with Gasteiger partial charge in [0, 0.05) is 19.0 Å². The molecule has 0 N–H and O–H groups in total. The first-order valence-corrected chi connectivity index (χ1v) is 4.94. The average molecular weight is 169 g/mol. The average Bonchev–Trinajstić information content (AvgIpc) is 1.94. The van der Waals surface area contributed by atoms with Gasteiger partial charge in [0.05, 0.1) is 0 Å². The maximum Gasteiger partial charge on any atom is 0.225 e. The van der Waals surface area contributed by atoms with Gasteiger partial charge in [-0.05, 0) is 12.3 Å². The lowest BCUT2D eigenvalue weighted by molar-refractivity contribution is -0.141. The molecule has 0 radical (unpaired) electrons. The summed E-state index contributed by atoms with van der Waals surface area (Å²) in [6.45, 7) is 8.15. The summed E-state index contributed by atoms with van der Waals surface area (Å²) in [5.41, 5.74) is 0. The van der Waals surface area contributed by atoms with Gasteiger partial charge < -0.3 is 4.90 Å². The van der Waals surface area contributed by atoms with Crippen LogP contribution in [0.2, 0.25) is 0 Å². The van der Waals surface area contributed by atoms with Gasteiger partial charge >= 0.3 is 0 Å². The molecule has 2 nitrogen and oxygen atoms in total. The first kappa shape index (κ1) is 9.56. The second-order valence-electron chi connectivity index (χ2n) is 4.05. The molecule has 0 spiro atoms. The molecule has 0 aliphatic carbocycles. The Hall–Kier alpha value is -0.530. The Morgan fingerprint density at radius 3 is 2.50 bits per heavy atom. The highest BCUT2D eigenvalue weighted by atomic mass is 16.2. The summed E-state index contributed by atoms with van der Waals surface area (Å²) in [6.07, 6.45) is 2.52. The maximum atomic E-state index is 11.4. The highest BCUT2D eigenvalue weighted by Gasteiger charge is 2.30. The fourth-order valence-corrected chi connectivity index (χ4v) is 1.71. The number of carbonyl (C=O) groups excluding carboxylic acids is 1. The lowest BCUT2D eigenvalue weighted by atomic mass is 9.94. The van der Waals surface area contributed by atoms with E-state index in [1.54, 1.807) is 0 Å². The Balaban J connectivity index is 2.20. The summed E-state index contributed by atoms with van der Waals surface area (Å²) in [5, 5.41) is 0. The minimum absolute atomic E-state index is 0.174.